The summed E-state index contributed by atoms with van der Waals surface area (Å²) >= 11 is 0. The number of nitrogens with one attached hydrogen (secondary N) is 2. The molecule has 2 N–H and O–H groups in total. The summed E-state index contributed by atoms with van der Waals surface area (Å²) in [6.45, 7) is 2.69. The van der Waals surface area contributed by atoms with Crippen molar-refractivity contribution < 1.29 is 8.42 Å². The van der Waals surface area contributed by atoms with E-state index in [4.69, 9.17) is 0 Å². The van der Waals surface area contributed by atoms with Crippen LogP contribution in [0.15, 0.2) is 59.5 Å². The number of benzene rings is 2. The summed E-state index contributed by atoms with van der Waals surface area (Å²) in [6, 6.07) is 15.5. The third-order valence-corrected chi connectivity index (χ3v) is 3.97. The summed E-state index contributed by atoms with van der Waals surface area (Å²) in [6.07, 6.45) is 0. The lowest BCUT2D eigenvalue weighted by molar-refractivity contribution is 0.601. The Morgan fingerprint density at radius 3 is 2.11 bits per heavy atom. The van der Waals surface area contributed by atoms with Gasteiger partial charge < -0.3 is 5.32 Å². The van der Waals surface area contributed by atoms with Crippen molar-refractivity contribution in [3.63, 3.8) is 0 Å². The molecule has 4 nitrogen and oxygen atoms in total. The molecule has 0 aliphatic rings. The van der Waals surface area contributed by atoms with Gasteiger partial charge in [0.15, 0.2) is 0 Å². The van der Waals surface area contributed by atoms with Crippen LogP contribution in [0.4, 0.5) is 11.4 Å². The lowest BCUT2D eigenvalue weighted by atomic mass is 10.3. The van der Waals surface area contributed by atoms with E-state index in [9.17, 15) is 8.42 Å². The molecule has 5 heteroatoms. The summed E-state index contributed by atoms with van der Waals surface area (Å²) in [5.74, 6) is 0. The summed E-state index contributed by atoms with van der Waals surface area (Å²) in [7, 11) is -3.54. The lowest BCUT2D eigenvalue weighted by Crippen LogP contribution is -2.14. The Hall–Kier alpha value is -2.01. The van der Waals surface area contributed by atoms with Crippen LogP contribution < -0.4 is 10.0 Å². The highest BCUT2D eigenvalue weighted by Crippen LogP contribution is 2.24. The summed E-state index contributed by atoms with van der Waals surface area (Å²) in [4.78, 5) is 0.251. The van der Waals surface area contributed by atoms with Crippen LogP contribution >= 0.6 is 0 Å². The molecule has 2 rings (SSSR count). The highest BCUT2D eigenvalue weighted by atomic mass is 32.2. The molecule has 0 unspecified atom stereocenters. The number of para-hydroxylation sites is 2. The Labute approximate surface area is 113 Å². The van der Waals surface area contributed by atoms with Crippen molar-refractivity contribution >= 4 is 21.4 Å². The third-order valence-electron chi connectivity index (χ3n) is 2.59. The first-order valence-corrected chi connectivity index (χ1v) is 7.52. The quantitative estimate of drug-likeness (QED) is 0.882. The van der Waals surface area contributed by atoms with E-state index in [2.05, 4.69) is 10.0 Å². The number of rotatable bonds is 5. The normalized spacial score (nSPS) is 11.0. The lowest BCUT2D eigenvalue weighted by Gasteiger charge is -2.13. The molecule has 0 aliphatic heterocycles. The monoisotopic (exact) mass is 276 g/mol. The highest BCUT2D eigenvalue weighted by molar-refractivity contribution is 7.92. The maximum absolute atomic E-state index is 12.2. The largest absolute Gasteiger partial charge is 0.384 e. The molecule has 0 bridgehead atoms. The van der Waals surface area contributed by atoms with Crippen LogP contribution in [0.2, 0.25) is 0 Å². The maximum atomic E-state index is 12.2. The Balaban J connectivity index is 2.31. The topological polar surface area (TPSA) is 58.2 Å². The minimum Gasteiger partial charge on any atom is -0.384 e. The van der Waals surface area contributed by atoms with Crippen LogP contribution in [-0.2, 0) is 10.0 Å². The van der Waals surface area contributed by atoms with Crippen molar-refractivity contribution in [2.24, 2.45) is 0 Å². The van der Waals surface area contributed by atoms with E-state index < -0.39 is 10.0 Å². The van der Waals surface area contributed by atoms with Gasteiger partial charge in [-0.1, -0.05) is 30.3 Å². The fourth-order valence-corrected chi connectivity index (χ4v) is 2.82. The molecule has 0 aliphatic carbocycles. The molecular weight excluding hydrogens is 260 g/mol. The molecule has 0 atom stereocenters. The Bertz CT molecular complexity index is 640. The molecule has 2 aromatic rings. The molecule has 0 heterocycles. The first-order valence-electron chi connectivity index (χ1n) is 6.04. The van der Waals surface area contributed by atoms with Gasteiger partial charge in [0, 0.05) is 6.54 Å². The molecule has 0 aromatic heterocycles. The summed E-state index contributed by atoms with van der Waals surface area (Å²) < 4.78 is 27.0. The van der Waals surface area contributed by atoms with Crippen LogP contribution in [0.5, 0.6) is 0 Å². The average molecular weight is 276 g/mol. The zero-order valence-corrected chi connectivity index (χ0v) is 11.4. The smallest absolute Gasteiger partial charge is 0.261 e. The number of hydrogen-bond acceptors (Lipinski definition) is 3. The minimum atomic E-state index is -3.54. The standard InChI is InChI=1S/C14H16N2O2S/c1-2-15-13-10-6-7-11-14(13)16-19(17,18)12-8-4-3-5-9-12/h3-11,15-16H,2H2,1H3. The molecule has 0 saturated carbocycles. The Kier molecular flexibility index (Phi) is 4.06. The SMILES string of the molecule is CCNc1ccccc1NS(=O)(=O)c1ccccc1. The molecule has 0 amide bonds. The van der Waals surface area contributed by atoms with E-state index in [1.165, 1.54) is 0 Å². The Morgan fingerprint density at radius 1 is 0.895 bits per heavy atom. The number of anilines is 2. The zero-order valence-electron chi connectivity index (χ0n) is 10.6. The summed E-state index contributed by atoms with van der Waals surface area (Å²) in [5, 5.41) is 3.12. The van der Waals surface area contributed by atoms with Crippen molar-refractivity contribution in [2.45, 2.75) is 11.8 Å². The predicted octanol–water partition coefficient (Wildman–Crippen LogP) is 2.92. The van der Waals surface area contributed by atoms with E-state index in [1.54, 1.807) is 42.5 Å². The van der Waals surface area contributed by atoms with Gasteiger partial charge in [-0.15, -0.1) is 0 Å². The predicted molar refractivity (Wildman–Crippen MR) is 77.9 cm³/mol. The van der Waals surface area contributed by atoms with Gasteiger partial charge >= 0.3 is 0 Å². The van der Waals surface area contributed by atoms with Gasteiger partial charge in [-0.3, -0.25) is 4.72 Å². The summed E-state index contributed by atoms with van der Waals surface area (Å²) in [5.41, 5.74) is 1.32. The molecular formula is C14H16N2O2S. The van der Waals surface area contributed by atoms with Gasteiger partial charge in [0.25, 0.3) is 10.0 Å². The van der Waals surface area contributed by atoms with E-state index in [0.29, 0.717) is 5.69 Å². The maximum Gasteiger partial charge on any atom is 0.261 e. The van der Waals surface area contributed by atoms with Gasteiger partial charge in [0.05, 0.1) is 16.3 Å². The average Bonchev–Trinajstić information content (AvgIpc) is 2.42. The van der Waals surface area contributed by atoms with Crippen LogP contribution in [0.1, 0.15) is 6.92 Å². The molecule has 0 fully saturated rings. The molecule has 0 radical (unpaired) electrons. The van der Waals surface area contributed by atoms with Crippen LogP contribution in [0.25, 0.3) is 0 Å². The highest BCUT2D eigenvalue weighted by Gasteiger charge is 2.14. The van der Waals surface area contributed by atoms with E-state index >= 15 is 0 Å². The van der Waals surface area contributed by atoms with Crippen LogP contribution in [0, 0.1) is 0 Å². The van der Waals surface area contributed by atoms with Crippen molar-refractivity contribution in [2.75, 3.05) is 16.6 Å². The van der Waals surface area contributed by atoms with Crippen molar-refractivity contribution in [1.29, 1.82) is 0 Å². The van der Waals surface area contributed by atoms with Crippen LogP contribution in [-0.4, -0.2) is 15.0 Å². The van der Waals surface area contributed by atoms with Gasteiger partial charge in [0.2, 0.25) is 0 Å². The molecule has 0 spiro atoms. The number of hydrogen-bond donors (Lipinski definition) is 2. The van der Waals surface area contributed by atoms with Crippen molar-refractivity contribution in [1.82, 2.24) is 0 Å². The Morgan fingerprint density at radius 2 is 1.47 bits per heavy atom. The first kappa shape index (κ1) is 13.4. The van der Waals surface area contributed by atoms with E-state index in [1.807, 2.05) is 19.1 Å². The van der Waals surface area contributed by atoms with Gasteiger partial charge in [-0.05, 0) is 31.2 Å². The first-order chi connectivity index (χ1) is 9.13. The second kappa shape index (κ2) is 5.75. The van der Waals surface area contributed by atoms with Gasteiger partial charge in [-0.25, -0.2) is 8.42 Å². The minimum absolute atomic E-state index is 0.251. The van der Waals surface area contributed by atoms with Gasteiger partial charge in [-0.2, -0.15) is 0 Å². The molecule has 19 heavy (non-hydrogen) atoms. The molecule has 100 valence electrons. The second-order valence-electron chi connectivity index (χ2n) is 3.99. The van der Waals surface area contributed by atoms with E-state index in [0.717, 1.165) is 12.2 Å². The third kappa shape index (κ3) is 3.26. The van der Waals surface area contributed by atoms with Gasteiger partial charge in [0.1, 0.15) is 0 Å². The zero-order chi connectivity index (χ0) is 13.7. The van der Waals surface area contributed by atoms with Crippen LogP contribution in [0.3, 0.4) is 0 Å². The van der Waals surface area contributed by atoms with E-state index in [-0.39, 0.29) is 4.90 Å². The molecule has 2 aromatic carbocycles. The van der Waals surface area contributed by atoms with Crippen molar-refractivity contribution in [3.8, 4) is 0 Å². The second-order valence-corrected chi connectivity index (χ2v) is 5.68. The fourth-order valence-electron chi connectivity index (χ4n) is 1.72. The van der Waals surface area contributed by atoms with Crippen molar-refractivity contribution in [3.05, 3.63) is 54.6 Å². The molecule has 0 saturated heterocycles. The number of sulfonamides is 1. The fraction of sp³-hybridized carbons (Fsp3) is 0.143.